The summed E-state index contributed by atoms with van der Waals surface area (Å²) in [4.78, 5) is 3.89. The maximum absolute atomic E-state index is 12.5. The molecule has 0 aliphatic heterocycles. The smallest absolute Gasteiger partial charge is 0.264 e. The van der Waals surface area contributed by atoms with Crippen LogP contribution in [0.4, 0.5) is 8.78 Å². The van der Waals surface area contributed by atoms with E-state index in [0.717, 1.165) is 0 Å². The molecule has 0 spiro atoms. The van der Waals surface area contributed by atoms with Crippen LogP contribution in [0, 0.1) is 10.6 Å². The Morgan fingerprint density at radius 3 is 2.69 bits per heavy atom. The van der Waals surface area contributed by atoms with Gasteiger partial charge in [-0.25, -0.2) is 13.8 Å². The third-order valence-electron chi connectivity index (χ3n) is 1.78. The Bertz CT molecular complexity index is 317. The molecule has 1 N–H and O–H groups in total. The molecule has 0 atom stereocenters. The number of alkyl halides is 2. The van der Waals surface area contributed by atoms with Crippen molar-refractivity contribution in [1.29, 1.82) is 0 Å². The van der Waals surface area contributed by atoms with E-state index in [1.165, 1.54) is 6.20 Å². The molecule has 5 heteroatoms. The molecule has 1 aromatic rings. The summed E-state index contributed by atoms with van der Waals surface area (Å²) in [6.45, 7) is 1.18. The molecule has 0 saturated carbocycles. The Labute approximate surface area is 88.1 Å². The molecular formula is C8H8F2INO. The van der Waals surface area contributed by atoms with Gasteiger partial charge < -0.3 is 5.11 Å². The summed E-state index contributed by atoms with van der Waals surface area (Å²) < 4.78 is 25.6. The lowest BCUT2D eigenvalue weighted by Gasteiger charge is -2.10. The van der Waals surface area contributed by atoms with Gasteiger partial charge in [-0.3, -0.25) is 0 Å². The summed E-state index contributed by atoms with van der Waals surface area (Å²) in [6.07, 6.45) is -1.27. The molecule has 0 bridgehead atoms. The van der Waals surface area contributed by atoms with Crippen LogP contribution in [0.2, 0.25) is 0 Å². The Hall–Kier alpha value is -0.300. The zero-order valence-electron chi connectivity index (χ0n) is 6.89. The number of aliphatic hydroxyl groups is 1. The summed E-state index contributed by atoms with van der Waals surface area (Å²) in [5, 5.41) is 8.81. The first kappa shape index (κ1) is 10.8. The van der Waals surface area contributed by atoms with E-state index in [1.54, 1.807) is 6.92 Å². The van der Waals surface area contributed by atoms with Gasteiger partial charge in [-0.1, -0.05) is 0 Å². The van der Waals surface area contributed by atoms with Crippen LogP contribution in [0.15, 0.2) is 6.20 Å². The number of pyridine rings is 1. The minimum atomic E-state index is -2.56. The lowest BCUT2D eigenvalue weighted by atomic mass is 10.1. The van der Waals surface area contributed by atoms with Crippen molar-refractivity contribution in [2.75, 3.05) is 0 Å². The third-order valence-corrected chi connectivity index (χ3v) is 2.87. The number of nitrogens with zero attached hydrogens (tertiary/aromatic N) is 1. The fourth-order valence-corrected chi connectivity index (χ4v) is 1.51. The van der Waals surface area contributed by atoms with Crippen LogP contribution in [-0.4, -0.2) is 10.1 Å². The first-order valence-electron chi connectivity index (χ1n) is 3.60. The number of aliphatic hydroxyl groups excluding tert-OH is 1. The van der Waals surface area contributed by atoms with Gasteiger partial charge in [0.2, 0.25) is 0 Å². The van der Waals surface area contributed by atoms with E-state index in [9.17, 15) is 8.78 Å². The highest BCUT2D eigenvalue weighted by Gasteiger charge is 2.17. The quantitative estimate of drug-likeness (QED) is 0.672. The van der Waals surface area contributed by atoms with E-state index in [0.29, 0.717) is 9.26 Å². The van der Waals surface area contributed by atoms with Crippen LogP contribution < -0.4 is 0 Å². The van der Waals surface area contributed by atoms with Gasteiger partial charge in [0.05, 0.1) is 6.61 Å². The average Bonchev–Trinajstić information content (AvgIpc) is 2.08. The molecule has 0 saturated heterocycles. The second kappa shape index (κ2) is 4.28. The molecule has 0 radical (unpaired) electrons. The number of hydrogen-bond acceptors (Lipinski definition) is 2. The molecule has 13 heavy (non-hydrogen) atoms. The standard InChI is InChI=1S/C8H8F2INO/c1-4-6(7(9)10)5(3-13)2-12-8(4)11/h2,7,13H,3H2,1H3. The number of halogens is 3. The van der Waals surface area contributed by atoms with Gasteiger partial charge in [0.15, 0.2) is 0 Å². The van der Waals surface area contributed by atoms with Crippen molar-refractivity contribution >= 4 is 22.6 Å². The maximum atomic E-state index is 12.5. The van der Waals surface area contributed by atoms with Crippen molar-refractivity contribution in [3.05, 3.63) is 26.6 Å². The summed E-state index contributed by atoms with van der Waals surface area (Å²) in [5.74, 6) is 0. The predicted octanol–water partition coefficient (Wildman–Crippen LogP) is 2.42. The highest BCUT2D eigenvalue weighted by atomic mass is 127. The molecule has 1 rings (SSSR count). The minimum Gasteiger partial charge on any atom is -0.392 e. The van der Waals surface area contributed by atoms with Crippen molar-refractivity contribution in [2.45, 2.75) is 20.0 Å². The molecule has 0 fully saturated rings. The SMILES string of the molecule is Cc1c(I)ncc(CO)c1C(F)F. The fraction of sp³-hybridized carbons (Fsp3) is 0.375. The van der Waals surface area contributed by atoms with Gasteiger partial charge in [-0.05, 0) is 35.1 Å². The average molecular weight is 299 g/mol. The van der Waals surface area contributed by atoms with Gasteiger partial charge in [-0.2, -0.15) is 0 Å². The lowest BCUT2D eigenvalue weighted by Crippen LogP contribution is -2.02. The van der Waals surface area contributed by atoms with Crippen LogP contribution in [-0.2, 0) is 6.61 Å². The second-order valence-corrected chi connectivity index (χ2v) is 3.59. The number of aromatic nitrogens is 1. The predicted molar refractivity (Wildman–Crippen MR) is 52.6 cm³/mol. The van der Waals surface area contributed by atoms with E-state index in [2.05, 4.69) is 4.98 Å². The molecule has 0 unspecified atom stereocenters. The molecular weight excluding hydrogens is 291 g/mol. The summed E-state index contributed by atoms with van der Waals surface area (Å²) in [7, 11) is 0. The van der Waals surface area contributed by atoms with Crippen molar-refractivity contribution in [2.24, 2.45) is 0 Å². The zero-order chi connectivity index (χ0) is 10.0. The Balaban J connectivity index is 3.32. The van der Waals surface area contributed by atoms with Gasteiger partial charge in [0.1, 0.15) is 3.70 Å². The molecule has 72 valence electrons. The van der Waals surface area contributed by atoms with E-state index in [1.807, 2.05) is 22.6 Å². The highest BCUT2D eigenvalue weighted by Crippen LogP contribution is 2.28. The van der Waals surface area contributed by atoms with Crippen LogP contribution in [0.1, 0.15) is 23.1 Å². The Morgan fingerprint density at radius 1 is 1.62 bits per heavy atom. The molecule has 0 aliphatic carbocycles. The molecule has 1 heterocycles. The number of hydrogen-bond donors (Lipinski definition) is 1. The largest absolute Gasteiger partial charge is 0.392 e. The van der Waals surface area contributed by atoms with Crippen LogP contribution in [0.3, 0.4) is 0 Å². The zero-order valence-corrected chi connectivity index (χ0v) is 9.05. The van der Waals surface area contributed by atoms with Crippen molar-refractivity contribution < 1.29 is 13.9 Å². The van der Waals surface area contributed by atoms with Crippen LogP contribution >= 0.6 is 22.6 Å². The Morgan fingerprint density at radius 2 is 2.23 bits per heavy atom. The first-order valence-corrected chi connectivity index (χ1v) is 4.68. The molecule has 0 amide bonds. The van der Waals surface area contributed by atoms with Crippen molar-refractivity contribution in [3.8, 4) is 0 Å². The van der Waals surface area contributed by atoms with E-state index in [4.69, 9.17) is 5.11 Å². The topological polar surface area (TPSA) is 33.1 Å². The van der Waals surface area contributed by atoms with E-state index in [-0.39, 0.29) is 11.1 Å². The molecule has 1 aromatic heterocycles. The minimum absolute atomic E-state index is 0.0955. The van der Waals surface area contributed by atoms with Gasteiger partial charge >= 0.3 is 0 Å². The first-order chi connectivity index (χ1) is 6.07. The van der Waals surface area contributed by atoms with E-state index >= 15 is 0 Å². The van der Waals surface area contributed by atoms with Crippen molar-refractivity contribution in [1.82, 2.24) is 4.98 Å². The van der Waals surface area contributed by atoms with Gasteiger partial charge in [0.25, 0.3) is 6.43 Å². The summed E-state index contributed by atoms with van der Waals surface area (Å²) in [6, 6.07) is 0. The Kier molecular flexibility index (Phi) is 3.55. The highest BCUT2D eigenvalue weighted by molar-refractivity contribution is 14.1. The molecule has 0 aromatic carbocycles. The summed E-state index contributed by atoms with van der Waals surface area (Å²) in [5.41, 5.74) is 0.553. The molecule has 0 aliphatic rings. The normalized spacial score (nSPS) is 10.9. The number of rotatable bonds is 2. The monoisotopic (exact) mass is 299 g/mol. The van der Waals surface area contributed by atoms with Gasteiger partial charge in [0, 0.05) is 17.3 Å². The second-order valence-electron chi connectivity index (χ2n) is 2.57. The van der Waals surface area contributed by atoms with Crippen LogP contribution in [0.25, 0.3) is 0 Å². The van der Waals surface area contributed by atoms with Crippen LogP contribution in [0.5, 0.6) is 0 Å². The lowest BCUT2D eigenvalue weighted by molar-refractivity contribution is 0.146. The summed E-state index contributed by atoms with van der Waals surface area (Å²) >= 11 is 1.89. The maximum Gasteiger partial charge on any atom is 0.264 e. The third kappa shape index (κ3) is 2.14. The van der Waals surface area contributed by atoms with Crippen molar-refractivity contribution in [3.63, 3.8) is 0 Å². The molecule has 2 nitrogen and oxygen atoms in total. The fourth-order valence-electron chi connectivity index (χ4n) is 1.08. The van der Waals surface area contributed by atoms with Gasteiger partial charge in [-0.15, -0.1) is 0 Å². The van der Waals surface area contributed by atoms with E-state index < -0.39 is 13.0 Å².